The number of nitrogens with zero attached hydrogens (tertiary/aromatic N) is 1. The van der Waals surface area contributed by atoms with E-state index in [1.165, 1.54) is 17.0 Å². The summed E-state index contributed by atoms with van der Waals surface area (Å²) in [5, 5.41) is 0. The van der Waals surface area contributed by atoms with Crippen LogP contribution >= 0.6 is 0 Å². The highest BCUT2D eigenvalue weighted by Gasteiger charge is 2.39. The van der Waals surface area contributed by atoms with Crippen molar-refractivity contribution in [3.8, 4) is 0 Å². The van der Waals surface area contributed by atoms with Gasteiger partial charge in [-0.3, -0.25) is 0 Å². The molecule has 0 bridgehead atoms. The van der Waals surface area contributed by atoms with Crippen LogP contribution in [0.15, 0.2) is 18.2 Å². The molecule has 0 saturated carbocycles. The quantitative estimate of drug-likeness (QED) is 0.770. The Balaban J connectivity index is 2.32. The van der Waals surface area contributed by atoms with E-state index in [0.29, 0.717) is 12.0 Å². The Morgan fingerprint density at radius 1 is 1.28 bits per heavy atom. The van der Waals surface area contributed by atoms with Crippen molar-refractivity contribution < 1.29 is 18.3 Å². The number of carbonyl (C=O) groups is 1. The fourth-order valence-corrected chi connectivity index (χ4v) is 2.03. The van der Waals surface area contributed by atoms with E-state index < -0.39 is 29.4 Å². The number of amides is 1. The minimum absolute atomic E-state index is 0.349. The maximum Gasteiger partial charge on any atom is 0.410 e. The molecule has 98 valence electrons. The first-order valence-corrected chi connectivity index (χ1v) is 5.70. The average Bonchev–Trinajstić information content (AvgIpc) is 2.23. The summed E-state index contributed by atoms with van der Waals surface area (Å²) >= 11 is 0. The lowest BCUT2D eigenvalue weighted by atomic mass is 9.90. The summed E-state index contributed by atoms with van der Waals surface area (Å²) < 4.78 is 31.5. The van der Waals surface area contributed by atoms with Gasteiger partial charge in [0.25, 0.3) is 0 Å². The maximum absolute atomic E-state index is 13.2. The van der Waals surface area contributed by atoms with E-state index in [-0.39, 0.29) is 0 Å². The molecule has 0 spiro atoms. The number of halogens is 2. The van der Waals surface area contributed by atoms with Crippen molar-refractivity contribution in [1.82, 2.24) is 4.90 Å². The molecular weight excluding hydrogens is 240 g/mol. The van der Waals surface area contributed by atoms with Crippen molar-refractivity contribution >= 4 is 6.09 Å². The SMILES string of the molecule is CN1C(=O)O[C@H](c2cc(F)cc(F)c2)CC1(C)C. The van der Waals surface area contributed by atoms with Crippen molar-refractivity contribution in [2.45, 2.75) is 31.9 Å². The molecule has 5 heteroatoms. The third-order valence-electron chi connectivity index (χ3n) is 3.37. The Hall–Kier alpha value is -1.65. The van der Waals surface area contributed by atoms with E-state index in [1.54, 1.807) is 7.05 Å². The van der Waals surface area contributed by atoms with E-state index in [4.69, 9.17) is 4.74 Å². The lowest BCUT2D eigenvalue weighted by Crippen LogP contribution is -2.50. The molecule has 2 rings (SSSR count). The molecule has 0 aromatic heterocycles. The van der Waals surface area contributed by atoms with Gasteiger partial charge in [-0.25, -0.2) is 13.6 Å². The van der Waals surface area contributed by atoms with Gasteiger partial charge >= 0.3 is 6.09 Å². The molecule has 3 nitrogen and oxygen atoms in total. The Bertz CT molecular complexity index is 468. The van der Waals surface area contributed by atoms with Crippen molar-refractivity contribution in [2.75, 3.05) is 7.05 Å². The van der Waals surface area contributed by atoms with Crippen molar-refractivity contribution in [3.63, 3.8) is 0 Å². The van der Waals surface area contributed by atoms with Crippen LogP contribution in [0.4, 0.5) is 13.6 Å². The van der Waals surface area contributed by atoms with Gasteiger partial charge in [0.05, 0.1) is 0 Å². The molecule has 1 atom stereocenters. The molecule has 18 heavy (non-hydrogen) atoms. The normalized spacial score (nSPS) is 22.8. The smallest absolute Gasteiger partial charge is 0.410 e. The molecule has 0 unspecified atom stereocenters. The summed E-state index contributed by atoms with van der Waals surface area (Å²) in [5.74, 6) is -1.34. The summed E-state index contributed by atoms with van der Waals surface area (Å²) in [6.07, 6.45) is -0.618. The lowest BCUT2D eigenvalue weighted by molar-refractivity contribution is -0.0219. The lowest BCUT2D eigenvalue weighted by Gasteiger charge is -2.42. The van der Waals surface area contributed by atoms with Crippen LogP contribution in [-0.2, 0) is 4.74 Å². The van der Waals surface area contributed by atoms with Crippen LogP contribution in [0.5, 0.6) is 0 Å². The summed E-state index contributed by atoms with van der Waals surface area (Å²) in [5.41, 5.74) is -0.0648. The molecule has 1 fully saturated rings. The number of benzene rings is 1. The predicted octanol–water partition coefficient (Wildman–Crippen LogP) is 3.26. The predicted molar refractivity (Wildman–Crippen MR) is 62.0 cm³/mol. The third kappa shape index (κ3) is 2.30. The first-order chi connectivity index (χ1) is 8.29. The van der Waals surface area contributed by atoms with E-state index >= 15 is 0 Å². The Morgan fingerprint density at radius 2 is 1.83 bits per heavy atom. The molecule has 0 radical (unpaired) electrons. The fourth-order valence-electron chi connectivity index (χ4n) is 2.03. The van der Waals surface area contributed by atoms with Crippen molar-refractivity contribution in [2.24, 2.45) is 0 Å². The second-order valence-electron chi connectivity index (χ2n) is 5.15. The summed E-state index contributed by atoms with van der Waals surface area (Å²) in [6, 6.07) is 3.19. The van der Waals surface area contributed by atoms with Crippen LogP contribution in [0.2, 0.25) is 0 Å². The van der Waals surface area contributed by atoms with E-state index in [1.807, 2.05) is 13.8 Å². The van der Waals surface area contributed by atoms with Gasteiger partial charge in [0.1, 0.15) is 17.7 Å². The first-order valence-electron chi connectivity index (χ1n) is 5.70. The van der Waals surface area contributed by atoms with Gasteiger partial charge in [-0.15, -0.1) is 0 Å². The topological polar surface area (TPSA) is 29.5 Å². The highest BCUT2D eigenvalue weighted by atomic mass is 19.1. The largest absolute Gasteiger partial charge is 0.441 e. The summed E-state index contributed by atoms with van der Waals surface area (Å²) in [4.78, 5) is 13.2. The molecule has 1 heterocycles. The molecule has 1 aromatic rings. The molecule has 0 aliphatic carbocycles. The highest BCUT2D eigenvalue weighted by Crippen LogP contribution is 2.36. The summed E-state index contributed by atoms with van der Waals surface area (Å²) in [6.45, 7) is 3.77. The number of hydrogen-bond acceptors (Lipinski definition) is 2. The van der Waals surface area contributed by atoms with Gasteiger partial charge in [-0.1, -0.05) is 0 Å². The van der Waals surface area contributed by atoms with Crippen LogP contribution < -0.4 is 0 Å². The second-order valence-corrected chi connectivity index (χ2v) is 5.15. The van der Waals surface area contributed by atoms with Crippen LogP contribution in [0.25, 0.3) is 0 Å². The highest BCUT2D eigenvalue weighted by molar-refractivity contribution is 5.69. The fraction of sp³-hybridized carbons (Fsp3) is 0.462. The molecule has 1 aliphatic heterocycles. The molecule has 1 aromatic carbocycles. The molecule has 1 saturated heterocycles. The third-order valence-corrected chi connectivity index (χ3v) is 3.37. The van der Waals surface area contributed by atoms with Gasteiger partial charge in [0.15, 0.2) is 0 Å². The number of rotatable bonds is 1. The Labute approximate surface area is 104 Å². The zero-order chi connectivity index (χ0) is 13.5. The molecular formula is C13H15F2NO2. The van der Waals surface area contributed by atoms with E-state index in [9.17, 15) is 13.6 Å². The average molecular weight is 255 g/mol. The van der Waals surface area contributed by atoms with Crippen LogP contribution in [0.3, 0.4) is 0 Å². The van der Waals surface area contributed by atoms with Gasteiger partial charge in [-0.2, -0.15) is 0 Å². The number of carbonyl (C=O) groups excluding carboxylic acids is 1. The number of hydrogen-bond donors (Lipinski definition) is 0. The standard InChI is InChI=1S/C13H15F2NO2/c1-13(2)7-11(18-12(17)16(13)3)8-4-9(14)6-10(15)5-8/h4-6,11H,7H2,1-3H3/t11-/m0/s1. The molecule has 1 amide bonds. The van der Waals surface area contributed by atoms with Crippen LogP contribution in [0, 0.1) is 11.6 Å². The number of cyclic esters (lactones) is 1. The Kier molecular flexibility index (Phi) is 3.00. The van der Waals surface area contributed by atoms with Crippen molar-refractivity contribution in [1.29, 1.82) is 0 Å². The second kappa shape index (κ2) is 4.23. The van der Waals surface area contributed by atoms with E-state index in [0.717, 1.165) is 6.07 Å². The van der Waals surface area contributed by atoms with Gasteiger partial charge in [-0.05, 0) is 31.5 Å². The maximum atomic E-state index is 13.2. The zero-order valence-corrected chi connectivity index (χ0v) is 10.5. The molecule has 0 N–H and O–H groups in total. The van der Waals surface area contributed by atoms with E-state index in [2.05, 4.69) is 0 Å². The summed E-state index contributed by atoms with van der Waals surface area (Å²) in [7, 11) is 1.64. The van der Waals surface area contributed by atoms with Crippen LogP contribution in [0.1, 0.15) is 31.9 Å². The number of ether oxygens (including phenoxy) is 1. The molecule has 1 aliphatic rings. The monoisotopic (exact) mass is 255 g/mol. The van der Waals surface area contributed by atoms with Gasteiger partial charge in [0.2, 0.25) is 0 Å². The zero-order valence-electron chi connectivity index (χ0n) is 10.5. The van der Waals surface area contributed by atoms with Crippen LogP contribution in [-0.4, -0.2) is 23.6 Å². The first kappa shape index (κ1) is 12.8. The minimum atomic E-state index is -0.669. The van der Waals surface area contributed by atoms with Crippen molar-refractivity contribution in [3.05, 3.63) is 35.4 Å². The minimum Gasteiger partial charge on any atom is -0.441 e. The van der Waals surface area contributed by atoms with Gasteiger partial charge in [0, 0.05) is 25.1 Å². The van der Waals surface area contributed by atoms with Gasteiger partial charge < -0.3 is 9.64 Å². The Morgan fingerprint density at radius 3 is 2.33 bits per heavy atom.